The second kappa shape index (κ2) is 41.5. The second-order valence-corrected chi connectivity index (χ2v) is 17.7. The molecule has 0 aromatic heterocycles. The van der Waals surface area contributed by atoms with Gasteiger partial charge in [0.2, 0.25) is 0 Å². The first-order valence-corrected chi connectivity index (χ1v) is 24.4. The molecule has 0 saturated heterocycles. The number of hydrogen-bond donors (Lipinski definition) is 0. The van der Waals surface area contributed by atoms with Gasteiger partial charge in [0.25, 0.3) is 0 Å². The van der Waals surface area contributed by atoms with E-state index in [1.54, 1.807) is 21.1 Å². The van der Waals surface area contributed by atoms with Crippen LogP contribution in [0, 0.1) is 0 Å². The Labute approximate surface area is 358 Å². The van der Waals surface area contributed by atoms with E-state index in [0.29, 0.717) is 12.8 Å². The van der Waals surface area contributed by atoms with Gasteiger partial charge in [-0.05, 0) is 64.2 Å². The van der Waals surface area contributed by atoms with Gasteiger partial charge in [-0.15, -0.1) is 0 Å². The molecular formula is C50H93NO7. The number of quaternary nitrogens is 1. The van der Waals surface area contributed by atoms with Crippen LogP contribution in [0.4, 0.5) is 0 Å². The molecular weight excluding hydrogens is 727 g/mol. The Bertz CT molecular complexity index is 1000. The molecule has 58 heavy (non-hydrogen) atoms. The third kappa shape index (κ3) is 39.3. The predicted octanol–water partition coefficient (Wildman–Crippen LogP) is 12.3. The lowest BCUT2D eigenvalue weighted by Crippen LogP contribution is -2.55. The lowest BCUT2D eigenvalue weighted by atomic mass is 10.0. The number of ether oxygens (including phenoxy) is 3. The van der Waals surface area contributed by atoms with Crippen LogP contribution in [-0.4, -0.2) is 75.5 Å². The molecule has 340 valence electrons. The van der Waals surface area contributed by atoms with Gasteiger partial charge in [-0.2, -0.15) is 0 Å². The standard InChI is InChI=1S/C50H93NO7/c1-6-8-10-12-14-16-18-20-21-22-23-24-25-26-27-28-29-31-32-34-36-38-40-48(52)57-45-46(44-56-43-42-47(50(54)55)51(3,4)5)58-49(53)41-39-37-35-33-30-19-17-15-13-11-9-7-2/h15,17,25-26,46-47H,6-14,16,18-24,27-45H2,1-5H3/b17-15+,26-25+. The molecule has 0 N–H and O–H groups in total. The van der Waals surface area contributed by atoms with E-state index in [2.05, 4.69) is 38.2 Å². The molecule has 0 amide bonds. The van der Waals surface area contributed by atoms with Crippen LogP contribution in [0.15, 0.2) is 24.3 Å². The Balaban J connectivity index is 4.20. The maximum Gasteiger partial charge on any atom is 0.306 e. The molecule has 0 spiro atoms. The van der Waals surface area contributed by atoms with Crippen molar-refractivity contribution in [1.82, 2.24) is 0 Å². The highest BCUT2D eigenvalue weighted by Crippen LogP contribution is 2.15. The Kier molecular flexibility index (Phi) is 40.0. The zero-order chi connectivity index (χ0) is 42.8. The zero-order valence-electron chi connectivity index (χ0n) is 38.7. The fourth-order valence-corrected chi connectivity index (χ4v) is 7.24. The van der Waals surface area contributed by atoms with Gasteiger partial charge in [0, 0.05) is 19.3 Å². The molecule has 0 aliphatic heterocycles. The van der Waals surface area contributed by atoms with Crippen molar-refractivity contribution in [2.45, 2.75) is 238 Å². The van der Waals surface area contributed by atoms with Gasteiger partial charge in [-0.1, -0.05) is 167 Å². The SMILES string of the molecule is CCCCC/C=C/CCCCCCCC(=O)OC(COCCC(C(=O)[O-])[N+](C)(C)C)COC(=O)CCCCCCCCC/C=C/CCCCCCCCCCCCC. The smallest absolute Gasteiger partial charge is 0.306 e. The Hall–Kier alpha value is -2.19. The highest BCUT2D eigenvalue weighted by atomic mass is 16.6. The van der Waals surface area contributed by atoms with Crippen molar-refractivity contribution in [3.63, 3.8) is 0 Å². The summed E-state index contributed by atoms with van der Waals surface area (Å²) in [5.74, 6) is -1.74. The van der Waals surface area contributed by atoms with Crippen LogP contribution < -0.4 is 5.11 Å². The number of likely N-dealkylation sites (N-methyl/N-ethyl adjacent to an activating group) is 1. The fraction of sp³-hybridized carbons (Fsp3) is 0.860. The minimum Gasteiger partial charge on any atom is -0.544 e. The number of carbonyl (C=O) groups excluding carboxylic acids is 3. The highest BCUT2D eigenvalue weighted by Gasteiger charge is 2.25. The minimum absolute atomic E-state index is 0.0388. The van der Waals surface area contributed by atoms with E-state index < -0.39 is 18.1 Å². The Morgan fingerprint density at radius 2 is 0.862 bits per heavy atom. The quantitative estimate of drug-likeness (QED) is 0.0261. The van der Waals surface area contributed by atoms with Crippen LogP contribution in [0.2, 0.25) is 0 Å². The summed E-state index contributed by atoms with van der Waals surface area (Å²) < 4.78 is 17.2. The molecule has 0 heterocycles. The van der Waals surface area contributed by atoms with Crippen molar-refractivity contribution in [2.75, 3.05) is 41.0 Å². The van der Waals surface area contributed by atoms with E-state index in [9.17, 15) is 19.5 Å². The minimum atomic E-state index is -1.13. The normalized spacial score (nSPS) is 13.1. The van der Waals surface area contributed by atoms with E-state index >= 15 is 0 Å². The van der Waals surface area contributed by atoms with Crippen molar-refractivity contribution >= 4 is 17.9 Å². The van der Waals surface area contributed by atoms with Crippen molar-refractivity contribution in [3.8, 4) is 0 Å². The van der Waals surface area contributed by atoms with Crippen molar-refractivity contribution in [1.29, 1.82) is 0 Å². The molecule has 0 aliphatic rings. The topological polar surface area (TPSA) is 102 Å². The molecule has 2 unspecified atom stereocenters. The summed E-state index contributed by atoms with van der Waals surface area (Å²) in [6.45, 7) is 4.65. The molecule has 0 bridgehead atoms. The second-order valence-electron chi connectivity index (χ2n) is 17.7. The van der Waals surface area contributed by atoms with Gasteiger partial charge in [-0.3, -0.25) is 9.59 Å². The number of carbonyl (C=O) groups is 3. The van der Waals surface area contributed by atoms with Crippen LogP contribution in [-0.2, 0) is 28.6 Å². The lowest BCUT2D eigenvalue weighted by Gasteiger charge is -2.34. The largest absolute Gasteiger partial charge is 0.544 e. The maximum absolute atomic E-state index is 12.7. The fourth-order valence-electron chi connectivity index (χ4n) is 7.24. The van der Waals surface area contributed by atoms with Crippen molar-refractivity contribution < 1.29 is 38.2 Å². The number of aliphatic carboxylic acids is 1. The van der Waals surface area contributed by atoms with Crippen molar-refractivity contribution in [3.05, 3.63) is 24.3 Å². The molecule has 2 atom stereocenters. The molecule has 8 heteroatoms. The summed E-state index contributed by atoms with van der Waals surface area (Å²) >= 11 is 0. The van der Waals surface area contributed by atoms with Gasteiger partial charge in [0.15, 0.2) is 6.10 Å². The summed E-state index contributed by atoms with van der Waals surface area (Å²) in [5.41, 5.74) is 0. The number of carboxylic acid groups (broad SMARTS) is 1. The van der Waals surface area contributed by atoms with Gasteiger partial charge >= 0.3 is 11.9 Å². The predicted molar refractivity (Wildman–Crippen MR) is 240 cm³/mol. The van der Waals surface area contributed by atoms with Crippen LogP contribution >= 0.6 is 0 Å². The molecule has 0 aromatic carbocycles. The third-order valence-corrected chi connectivity index (χ3v) is 11.1. The number of esters is 2. The van der Waals surface area contributed by atoms with Crippen LogP contribution in [0.1, 0.15) is 226 Å². The number of carboxylic acids is 1. The van der Waals surface area contributed by atoms with Gasteiger partial charge < -0.3 is 28.6 Å². The average molecular weight is 820 g/mol. The summed E-state index contributed by atoms with van der Waals surface area (Å²) in [4.78, 5) is 36.9. The first kappa shape index (κ1) is 55.8. The number of nitrogens with zero attached hydrogens (tertiary/aromatic N) is 1. The van der Waals surface area contributed by atoms with E-state index in [1.807, 2.05) is 0 Å². The van der Waals surface area contributed by atoms with Crippen molar-refractivity contribution in [2.24, 2.45) is 0 Å². The third-order valence-electron chi connectivity index (χ3n) is 11.1. The Morgan fingerprint density at radius 1 is 0.500 bits per heavy atom. The van der Waals surface area contributed by atoms with Gasteiger partial charge in [0.1, 0.15) is 12.6 Å². The summed E-state index contributed by atoms with van der Waals surface area (Å²) in [6.07, 6.45) is 46.4. The maximum atomic E-state index is 12.7. The van der Waals surface area contributed by atoms with Crippen LogP contribution in [0.25, 0.3) is 0 Å². The molecule has 0 aliphatic carbocycles. The zero-order valence-corrected chi connectivity index (χ0v) is 38.7. The number of rotatable bonds is 44. The first-order chi connectivity index (χ1) is 28.1. The molecule has 0 fully saturated rings. The van der Waals surface area contributed by atoms with E-state index in [-0.39, 0.29) is 42.7 Å². The lowest BCUT2D eigenvalue weighted by molar-refractivity contribution is -0.889. The summed E-state index contributed by atoms with van der Waals surface area (Å²) in [6, 6.07) is -0.725. The summed E-state index contributed by atoms with van der Waals surface area (Å²) in [7, 11) is 5.41. The Morgan fingerprint density at radius 3 is 1.28 bits per heavy atom. The number of hydrogen-bond acceptors (Lipinski definition) is 7. The summed E-state index contributed by atoms with van der Waals surface area (Å²) in [5, 5.41) is 11.6. The van der Waals surface area contributed by atoms with Gasteiger partial charge in [-0.25, -0.2) is 0 Å². The van der Waals surface area contributed by atoms with Crippen LogP contribution in [0.3, 0.4) is 0 Å². The van der Waals surface area contributed by atoms with E-state index in [4.69, 9.17) is 14.2 Å². The molecule has 0 rings (SSSR count). The monoisotopic (exact) mass is 820 g/mol. The van der Waals surface area contributed by atoms with Crippen LogP contribution in [0.5, 0.6) is 0 Å². The molecule has 0 radical (unpaired) electrons. The highest BCUT2D eigenvalue weighted by molar-refractivity contribution is 5.70. The molecule has 0 aromatic rings. The van der Waals surface area contributed by atoms with Gasteiger partial charge in [0.05, 0.1) is 40.3 Å². The average Bonchev–Trinajstić information content (AvgIpc) is 3.18. The number of unbranched alkanes of at least 4 members (excludes halogenated alkanes) is 26. The number of allylic oxidation sites excluding steroid dienone is 4. The first-order valence-electron chi connectivity index (χ1n) is 24.4. The molecule has 0 saturated carbocycles. The van der Waals surface area contributed by atoms with E-state index in [1.165, 1.54) is 141 Å². The molecule has 8 nitrogen and oxygen atoms in total. The van der Waals surface area contributed by atoms with E-state index in [0.717, 1.165) is 51.4 Å².